The van der Waals surface area contributed by atoms with Crippen molar-refractivity contribution in [3.63, 3.8) is 0 Å². The molecule has 0 spiro atoms. The number of rotatable bonds is 4. The van der Waals surface area contributed by atoms with Gasteiger partial charge >= 0.3 is 0 Å². The van der Waals surface area contributed by atoms with Crippen molar-refractivity contribution in [2.24, 2.45) is 5.14 Å². The highest BCUT2D eigenvalue weighted by Gasteiger charge is 2.14. The molecule has 0 aliphatic rings. The summed E-state index contributed by atoms with van der Waals surface area (Å²) in [7, 11) is -7.51. The number of benzene rings is 2. The summed E-state index contributed by atoms with van der Waals surface area (Å²) in [6.07, 6.45) is 0. The molecule has 0 amide bonds. The minimum Gasteiger partial charge on any atom is -0.280 e. The standard InChI is InChI=1S/C13H14N2O4S2/c1-10-2-6-13(7-3-10)21(18,19)15-11-4-8-12(9-5-11)20(14,16)17/h2-9,15H,1H3,(H2,14,16,17). The Hall–Kier alpha value is -1.90. The molecule has 0 fully saturated rings. The first-order valence-corrected chi connectivity index (χ1v) is 8.94. The Bertz CT molecular complexity index is 840. The van der Waals surface area contributed by atoms with Gasteiger partial charge in [0.2, 0.25) is 10.0 Å². The van der Waals surface area contributed by atoms with Crippen LogP contribution in [-0.4, -0.2) is 16.8 Å². The Kier molecular flexibility index (Phi) is 4.04. The van der Waals surface area contributed by atoms with Crippen molar-refractivity contribution >= 4 is 25.7 Å². The van der Waals surface area contributed by atoms with E-state index in [1.165, 1.54) is 36.4 Å². The predicted molar refractivity (Wildman–Crippen MR) is 79.8 cm³/mol. The maximum Gasteiger partial charge on any atom is 0.261 e. The Balaban J connectivity index is 2.27. The molecule has 2 aromatic carbocycles. The monoisotopic (exact) mass is 326 g/mol. The Labute approximate surface area is 123 Å². The Morgan fingerprint density at radius 3 is 1.76 bits per heavy atom. The molecule has 2 aromatic rings. The van der Waals surface area contributed by atoms with Gasteiger partial charge in [-0.2, -0.15) is 0 Å². The van der Waals surface area contributed by atoms with Gasteiger partial charge in [0.1, 0.15) is 0 Å². The molecule has 0 radical (unpaired) electrons. The van der Waals surface area contributed by atoms with Gasteiger partial charge in [0.05, 0.1) is 9.79 Å². The molecule has 6 nitrogen and oxygen atoms in total. The van der Waals surface area contributed by atoms with Crippen LogP contribution in [0.15, 0.2) is 58.3 Å². The first kappa shape index (κ1) is 15.5. The molecule has 0 saturated carbocycles. The quantitative estimate of drug-likeness (QED) is 0.886. The number of hydrogen-bond acceptors (Lipinski definition) is 4. The third-order valence-electron chi connectivity index (χ3n) is 2.77. The molecule has 0 unspecified atom stereocenters. The van der Waals surface area contributed by atoms with Crippen LogP contribution >= 0.6 is 0 Å². The highest BCUT2D eigenvalue weighted by Crippen LogP contribution is 2.18. The Morgan fingerprint density at radius 2 is 1.29 bits per heavy atom. The van der Waals surface area contributed by atoms with E-state index in [9.17, 15) is 16.8 Å². The van der Waals surface area contributed by atoms with Crippen molar-refractivity contribution in [3.8, 4) is 0 Å². The Morgan fingerprint density at radius 1 is 0.810 bits per heavy atom. The zero-order chi connectivity index (χ0) is 15.7. The van der Waals surface area contributed by atoms with Gasteiger partial charge in [0.15, 0.2) is 0 Å². The SMILES string of the molecule is Cc1ccc(S(=O)(=O)Nc2ccc(S(N)(=O)=O)cc2)cc1. The predicted octanol–water partition coefficient (Wildman–Crippen LogP) is 1.44. The number of sulfonamides is 2. The summed E-state index contributed by atoms with van der Waals surface area (Å²) in [5.41, 5.74) is 1.20. The summed E-state index contributed by atoms with van der Waals surface area (Å²) in [5, 5.41) is 4.97. The summed E-state index contributed by atoms with van der Waals surface area (Å²) in [6.45, 7) is 1.86. The second kappa shape index (κ2) is 5.47. The molecule has 0 saturated heterocycles. The number of nitrogens with one attached hydrogen (secondary N) is 1. The minimum absolute atomic E-state index is 0.0826. The van der Waals surface area contributed by atoms with Crippen LogP contribution < -0.4 is 9.86 Å². The number of primary sulfonamides is 1. The molecule has 0 heterocycles. The maximum atomic E-state index is 12.1. The molecule has 21 heavy (non-hydrogen) atoms. The molecule has 3 N–H and O–H groups in total. The first-order valence-electron chi connectivity index (χ1n) is 5.91. The van der Waals surface area contributed by atoms with E-state index in [0.717, 1.165) is 5.56 Å². The van der Waals surface area contributed by atoms with Gasteiger partial charge in [0.25, 0.3) is 10.0 Å². The number of nitrogens with two attached hydrogens (primary N) is 1. The third-order valence-corrected chi connectivity index (χ3v) is 5.09. The summed E-state index contributed by atoms with van der Waals surface area (Å²) in [5.74, 6) is 0. The van der Waals surface area contributed by atoms with E-state index in [1.54, 1.807) is 12.1 Å². The average Bonchev–Trinajstić information content (AvgIpc) is 2.38. The summed E-state index contributed by atoms with van der Waals surface area (Å²) >= 11 is 0. The van der Waals surface area contributed by atoms with Crippen LogP contribution in [0.25, 0.3) is 0 Å². The lowest BCUT2D eigenvalue weighted by molar-refractivity contribution is 0.597. The van der Waals surface area contributed by atoms with E-state index in [2.05, 4.69) is 4.72 Å². The molecule has 0 aliphatic heterocycles. The fourth-order valence-electron chi connectivity index (χ4n) is 1.64. The third kappa shape index (κ3) is 3.81. The normalized spacial score (nSPS) is 12.1. The van der Waals surface area contributed by atoms with E-state index in [4.69, 9.17) is 5.14 Å². The summed E-state index contributed by atoms with van der Waals surface area (Å²) < 4.78 is 48.9. The van der Waals surface area contributed by atoms with E-state index < -0.39 is 20.0 Å². The zero-order valence-corrected chi connectivity index (χ0v) is 12.8. The van der Waals surface area contributed by atoms with Gasteiger partial charge in [-0.3, -0.25) is 4.72 Å². The first-order chi connectivity index (χ1) is 9.68. The molecule has 0 aromatic heterocycles. The summed E-state index contributed by atoms with van der Waals surface area (Å²) in [4.78, 5) is 0.0457. The number of hydrogen-bond donors (Lipinski definition) is 2. The highest BCUT2D eigenvalue weighted by molar-refractivity contribution is 7.92. The molecule has 0 aliphatic carbocycles. The molecule has 0 bridgehead atoms. The van der Waals surface area contributed by atoms with Gasteiger partial charge in [-0.1, -0.05) is 17.7 Å². The van der Waals surface area contributed by atoms with Crippen LogP contribution in [0.3, 0.4) is 0 Å². The molecule has 0 atom stereocenters. The molecule has 2 rings (SSSR count). The largest absolute Gasteiger partial charge is 0.280 e. The van der Waals surface area contributed by atoms with Crippen LogP contribution in [0.4, 0.5) is 5.69 Å². The van der Waals surface area contributed by atoms with Crippen LogP contribution in [0.2, 0.25) is 0 Å². The maximum absolute atomic E-state index is 12.1. The lowest BCUT2D eigenvalue weighted by Gasteiger charge is -2.08. The minimum atomic E-state index is -3.80. The fourth-order valence-corrected chi connectivity index (χ4v) is 3.22. The van der Waals surface area contributed by atoms with Crippen molar-refractivity contribution < 1.29 is 16.8 Å². The zero-order valence-electron chi connectivity index (χ0n) is 11.1. The molecular formula is C13H14N2O4S2. The van der Waals surface area contributed by atoms with Crippen molar-refractivity contribution in [1.29, 1.82) is 0 Å². The van der Waals surface area contributed by atoms with Crippen molar-refractivity contribution in [2.45, 2.75) is 16.7 Å². The molecule has 112 valence electrons. The summed E-state index contributed by atoms with van der Waals surface area (Å²) in [6, 6.07) is 11.5. The molecular weight excluding hydrogens is 312 g/mol. The fraction of sp³-hybridized carbons (Fsp3) is 0.0769. The van der Waals surface area contributed by atoms with Gasteiger partial charge in [-0.25, -0.2) is 22.0 Å². The van der Waals surface area contributed by atoms with Crippen LogP contribution in [0.5, 0.6) is 0 Å². The lowest BCUT2D eigenvalue weighted by Crippen LogP contribution is -2.14. The van der Waals surface area contributed by atoms with Gasteiger partial charge in [0, 0.05) is 5.69 Å². The number of anilines is 1. The number of aryl methyl sites for hydroxylation is 1. The van der Waals surface area contributed by atoms with Gasteiger partial charge in [-0.05, 0) is 43.3 Å². The second-order valence-corrected chi connectivity index (χ2v) is 7.73. The van der Waals surface area contributed by atoms with Crippen molar-refractivity contribution in [1.82, 2.24) is 0 Å². The smallest absolute Gasteiger partial charge is 0.261 e. The van der Waals surface area contributed by atoms with E-state index in [-0.39, 0.29) is 15.5 Å². The van der Waals surface area contributed by atoms with Crippen molar-refractivity contribution in [3.05, 3.63) is 54.1 Å². The van der Waals surface area contributed by atoms with Crippen LogP contribution in [0, 0.1) is 6.92 Å². The second-order valence-electron chi connectivity index (χ2n) is 4.49. The van der Waals surface area contributed by atoms with E-state index in [1.807, 2.05) is 6.92 Å². The van der Waals surface area contributed by atoms with Crippen LogP contribution in [-0.2, 0) is 20.0 Å². The van der Waals surface area contributed by atoms with Gasteiger partial charge < -0.3 is 0 Å². The van der Waals surface area contributed by atoms with Crippen LogP contribution in [0.1, 0.15) is 5.56 Å². The topological polar surface area (TPSA) is 106 Å². The molecule has 8 heteroatoms. The average molecular weight is 326 g/mol. The van der Waals surface area contributed by atoms with Crippen molar-refractivity contribution in [2.75, 3.05) is 4.72 Å². The van der Waals surface area contributed by atoms with E-state index in [0.29, 0.717) is 0 Å². The lowest BCUT2D eigenvalue weighted by atomic mass is 10.2. The van der Waals surface area contributed by atoms with Gasteiger partial charge in [-0.15, -0.1) is 0 Å². The highest BCUT2D eigenvalue weighted by atomic mass is 32.2. The van der Waals surface area contributed by atoms with E-state index >= 15 is 0 Å².